The standard InChI is InChI=1S/C9H14N2O4S/c1-3-11(4-2)16(13,14)9-6-5-8(15-9)7-10-12/h5-7,10H,3-4H2,1-2H3. The van der Waals surface area contributed by atoms with Gasteiger partial charge in [0.25, 0.3) is 10.0 Å². The monoisotopic (exact) mass is 246 g/mol. The minimum Gasteiger partial charge on any atom is -0.625 e. The van der Waals surface area contributed by atoms with Crippen LogP contribution in [0.4, 0.5) is 0 Å². The Kier molecular flexibility index (Phi) is 4.08. The van der Waals surface area contributed by atoms with Gasteiger partial charge in [-0.3, -0.25) is 0 Å². The Morgan fingerprint density at radius 2 is 2.06 bits per heavy atom. The molecule has 1 rings (SSSR count). The van der Waals surface area contributed by atoms with Crippen molar-refractivity contribution in [3.63, 3.8) is 0 Å². The first-order valence-electron chi connectivity index (χ1n) is 4.87. The lowest BCUT2D eigenvalue weighted by Crippen LogP contribution is -2.60. The number of sulfonamides is 1. The summed E-state index contributed by atoms with van der Waals surface area (Å²) in [5.41, 5.74) is 0. The zero-order chi connectivity index (χ0) is 12.2. The van der Waals surface area contributed by atoms with E-state index in [0.29, 0.717) is 13.1 Å². The average molecular weight is 246 g/mol. The summed E-state index contributed by atoms with van der Waals surface area (Å²) in [5.74, 6) is 0.181. The summed E-state index contributed by atoms with van der Waals surface area (Å²) >= 11 is 0. The zero-order valence-corrected chi connectivity index (χ0v) is 9.95. The lowest BCUT2D eigenvalue weighted by Gasteiger charge is -2.15. The van der Waals surface area contributed by atoms with E-state index in [4.69, 9.17) is 4.42 Å². The molecular weight excluding hydrogens is 232 g/mol. The van der Waals surface area contributed by atoms with E-state index < -0.39 is 10.0 Å². The predicted molar refractivity (Wildman–Crippen MR) is 58.3 cm³/mol. The van der Waals surface area contributed by atoms with Crippen molar-refractivity contribution < 1.29 is 18.0 Å². The minimum atomic E-state index is -3.58. The summed E-state index contributed by atoms with van der Waals surface area (Å²) < 4.78 is 30.2. The zero-order valence-electron chi connectivity index (χ0n) is 9.13. The van der Waals surface area contributed by atoms with E-state index in [0.717, 1.165) is 6.21 Å². The molecule has 16 heavy (non-hydrogen) atoms. The van der Waals surface area contributed by atoms with Gasteiger partial charge in [-0.05, 0) is 12.1 Å². The van der Waals surface area contributed by atoms with Gasteiger partial charge in [0.2, 0.25) is 11.3 Å². The summed E-state index contributed by atoms with van der Waals surface area (Å²) in [6.07, 6.45) is 1.04. The highest BCUT2D eigenvalue weighted by atomic mass is 32.2. The second kappa shape index (κ2) is 5.13. The van der Waals surface area contributed by atoms with Gasteiger partial charge in [0, 0.05) is 13.1 Å². The Morgan fingerprint density at radius 1 is 1.44 bits per heavy atom. The number of nitrogens with zero attached hydrogens (tertiary/aromatic N) is 1. The normalized spacial score (nSPS) is 12.7. The molecule has 0 radical (unpaired) electrons. The van der Waals surface area contributed by atoms with Crippen LogP contribution < -0.4 is 5.16 Å². The molecule has 0 fully saturated rings. The predicted octanol–water partition coefficient (Wildman–Crippen LogP) is -0.693. The van der Waals surface area contributed by atoms with E-state index in [1.807, 2.05) is 0 Å². The summed E-state index contributed by atoms with van der Waals surface area (Å²) in [6, 6.07) is 2.75. The summed E-state index contributed by atoms with van der Waals surface area (Å²) in [4.78, 5) is 0. The Hall–Kier alpha value is -1.34. The quantitative estimate of drug-likeness (QED) is 0.423. The van der Waals surface area contributed by atoms with Gasteiger partial charge in [-0.2, -0.15) is 4.31 Å². The average Bonchev–Trinajstić information content (AvgIpc) is 2.69. The number of hydrogen-bond donors (Lipinski definition) is 1. The minimum absolute atomic E-state index is 0.155. The van der Waals surface area contributed by atoms with Crippen LogP contribution in [-0.2, 0) is 10.0 Å². The van der Waals surface area contributed by atoms with Crippen LogP contribution >= 0.6 is 0 Å². The second-order valence-electron chi connectivity index (χ2n) is 3.01. The summed E-state index contributed by atoms with van der Waals surface area (Å²) in [6.45, 7) is 4.24. The second-order valence-corrected chi connectivity index (χ2v) is 4.88. The van der Waals surface area contributed by atoms with Gasteiger partial charge in [0.05, 0.1) is 0 Å². The van der Waals surface area contributed by atoms with E-state index in [9.17, 15) is 13.6 Å². The van der Waals surface area contributed by atoms with Crippen molar-refractivity contribution >= 4 is 16.2 Å². The van der Waals surface area contributed by atoms with Crippen LogP contribution in [0.3, 0.4) is 0 Å². The summed E-state index contributed by atoms with van der Waals surface area (Å²) in [7, 11) is -3.58. The fraction of sp³-hybridized carbons (Fsp3) is 0.444. The number of hydrogen-bond acceptors (Lipinski definition) is 4. The number of nitrogens with one attached hydrogen (secondary N) is 1. The maximum Gasteiger partial charge on any atom is 0.276 e. The molecule has 1 heterocycles. The van der Waals surface area contributed by atoms with Crippen molar-refractivity contribution in [3.8, 4) is 0 Å². The van der Waals surface area contributed by atoms with Gasteiger partial charge in [0.15, 0.2) is 5.76 Å². The van der Waals surface area contributed by atoms with Crippen LogP contribution in [0.25, 0.3) is 0 Å². The maximum atomic E-state index is 11.9. The Labute approximate surface area is 94.2 Å². The highest BCUT2D eigenvalue weighted by molar-refractivity contribution is 7.89. The van der Waals surface area contributed by atoms with E-state index in [2.05, 4.69) is 0 Å². The molecule has 0 spiro atoms. The van der Waals surface area contributed by atoms with Crippen LogP contribution in [0, 0.1) is 5.21 Å². The van der Waals surface area contributed by atoms with Crippen molar-refractivity contribution in [2.45, 2.75) is 18.9 Å². The highest BCUT2D eigenvalue weighted by Gasteiger charge is 2.25. The molecule has 0 aliphatic heterocycles. The fourth-order valence-electron chi connectivity index (χ4n) is 1.30. The number of rotatable bonds is 5. The van der Waals surface area contributed by atoms with E-state index in [-0.39, 0.29) is 10.9 Å². The molecule has 0 aliphatic rings. The molecule has 0 aromatic carbocycles. The van der Waals surface area contributed by atoms with E-state index >= 15 is 0 Å². The largest absolute Gasteiger partial charge is 0.625 e. The molecule has 0 atom stereocenters. The van der Waals surface area contributed by atoms with Crippen molar-refractivity contribution in [2.24, 2.45) is 0 Å². The topological polar surface area (TPSA) is 87.5 Å². The molecule has 1 aromatic rings. The van der Waals surface area contributed by atoms with Crippen molar-refractivity contribution in [1.29, 1.82) is 0 Å². The Bertz CT molecular complexity index is 460. The molecule has 6 nitrogen and oxygen atoms in total. The lowest BCUT2D eigenvalue weighted by molar-refractivity contribution is -0.367. The van der Waals surface area contributed by atoms with E-state index in [1.54, 1.807) is 13.8 Å². The van der Waals surface area contributed by atoms with Crippen molar-refractivity contribution in [2.75, 3.05) is 13.1 Å². The van der Waals surface area contributed by atoms with Crippen molar-refractivity contribution in [3.05, 3.63) is 23.1 Å². The molecule has 1 aromatic heterocycles. The molecule has 0 saturated carbocycles. The van der Waals surface area contributed by atoms with Crippen molar-refractivity contribution in [1.82, 2.24) is 4.31 Å². The third-order valence-corrected chi connectivity index (χ3v) is 4.03. The van der Waals surface area contributed by atoms with Gasteiger partial charge >= 0.3 is 0 Å². The molecule has 0 saturated heterocycles. The Morgan fingerprint density at radius 3 is 2.56 bits per heavy atom. The fourth-order valence-corrected chi connectivity index (χ4v) is 2.68. The summed E-state index contributed by atoms with van der Waals surface area (Å²) in [5, 5.41) is 11.5. The maximum absolute atomic E-state index is 11.9. The smallest absolute Gasteiger partial charge is 0.276 e. The van der Waals surface area contributed by atoms with Gasteiger partial charge in [-0.1, -0.05) is 13.8 Å². The first-order valence-corrected chi connectivity index (χ1v) is 6.31. The molecule has 0 bridgehead atoms. The van der Waals surface area contributed by atoms with Gasteiger partial charge in [0.1, 0.15) is 0 Å². The molecule has 1 N–H and O–H groups in total. The van der Waals surface area contributed by atoms with Gasteiger partial charge in [-0.25, -0.2) is 13.6 Å². The van der Waals surface area contributed by atoms with Crippen LogP contribution in [0.15, 0.2) is 21.6 Å². The third kappa shape index (κ3) is 2.42. The first kappa shape index (κ1) is 12.7. The third-order valence-electron chi connectivity index (χ3n) is 2.10. The number of furan rings is 1. The Balaban J connectivity index is 3.07. The van der Waals surface area contributed by atoms with Gasteiger partial charge < -0.3 is 9.62 Å². The molecule has 0 amide bonds. The molecule has 7 heteroatoms. The lowest BCUT2D eigenvalue weighted by atomic mass is 10.5. The molecule has 90 valence electrons. The van der Waals surface area contributed by atoms with Gasteiger partial charge in [-0.15, -0.1) is 0 Å². The first-order chi connectivity index (χ1) is 7.56. The van der Waals surface area contributed by atoms with E-state index in [1.165, 1.54) is 21.6 Å². The highest BCUT2D eigenvalue weighted by Crippen LogP contribution is 2.17. The SMILES string of the molecule is CCN(CC)S(=O)(=O)c1ccc(C=[NH+][O-])o1. The van der Waals surface area contributed by atoms with Crippen LogP contribution in [0.5, 0.6) is 0 Å². The van der Waals surface area contributed by atoms with Crippen LogP contribution in [-0.4, -0.2) is 32.0 Å². The van der Waals surface area contributed by atoms with Crippen LogP contribution in [0.1, 0.15) is 19.6 Å². The molecule has 0 aliphatic carbocycles. The van der Waals surface area contributed by atoms with Crippen LogP contribution in [0.2, 0.25) is 0 Å². The molecular formula is C9H14N2O4S. The molecule has 0 unspecified atom stereocenters.